The second kappa shape index (κ2) is 5.95. The molecule has 21 heavy (non-hydrogen) atoms. The molecule has 0 bridgehead atoms. The zero-order chi connectivity index (χ0) is 15.4. The van der Waals surface area contributed by atoms with Crippen molar-refractivity contribution in [3.8, 4) is 11.6 Å². The molecule has 8 heteroatoms. The lowest BCUT2D eigenvalue weighted by Gasteiger charge is -2.10. The molecule has 0 radical (unpaired) electrons. The smallest absolute Gasteiger partial charge is 0.426 e. The monoisotopic (exact) mass is 288 g/mol. The molecule has 0 atom stereocenters. The first kappa shape index (κ1) is 14.4. The number of aromatic nitrogens is 2. The van der Waals surface area contributed by atoms with Gasteiger partial charge in [0.25, 0.3) is 5.91 Å². The molecule has 0 spiro atoms. The third-order valence-electron chi connectivity index (χ3n) is 2.49. The molecule has 2 rings (SSSR count). The third kappa shape index (κ3) is 3.50. The van der Waals surface area contributed by atoms with E-state index in [0.29, 0.717) is 11.3 Å². The van der Waals surface area contributed by atoms with Gasteiger partial charge in [0.05, 0.1) is 6.07 Å². The van der Waals surface area contributed by atoms with Crippen molar-refractivity contribution in [2.24, 2.45) is 0 Å². The van der Waals surface area contributed by atoms with Crippen LogP contribution in [0.1, 0.15) is 10.4 Å². The molecule has 0 aliphatic rings. The number of rotatable bonds is 4. The Morgan fingerprint density at radius 3 is 2.76 bits per heavy atom. The Balaban J connectivity index is 2.24. The van der Waals surface area contributed by atoms with E-state index in [-0.39, 0.29) is 11.8 Å². The van der Waals surface area contributed by atoms with Crippen molar-refractivity contribution in [3.05, 3.63) is 52.2 Å². The molecule has 1 amide bonds. The summed E-state index contributed by atoms with van der Waals surface area (Å²) in [4.78, 5) is 30.3. The highest BCUT2D eigenvalue weighted by Gasteiger charge is 2.13. The van der Waals surface area contributed by atoms with Gasteiger partial charge in [-0.2, -0.15) is 0 Å². The van der Waals surface area contributed by atoms with Gasteiger partial charge < -0.3 is 19.8 Å². The van der Waals surface area contributed by atoms with Gasteiger partial charge in [0, 0.05) is 19.7 Å². The van der Waals surface area contributed by atoms with Crippen LogP contribution in [0.3, 0.4) is 0 Å². The van der Waals surface area contributed by atoms with E-state index >= 15 is 0 Å². The molecule has 0 aliphatic carbocycles. The largest absolute Gasteiger partial charge is 0.472 e. The molecular weight excluding hydrogens is 276 g/mol. The number of hydrogen-bond donors (Lipinski definition) is 0. The summed E-state index contributed by atoms with van der Waals surface area (Å²) >= 11 is 0. The number of ether oxygens (including phenoxy) is 1. The number of nitrogens with zero attached hydrogens (tertiary/aromatic N) is 4. The second-order valence-electron chi connectivity index (χ2n) is 4.28. The minimum atomic E-state index is -0.709. The van der Waals surface area contributed by atoms with Crippen molar-refractivity contribution in [2.45, 2.75) is 0 Å². The molecule has 1 heterocycles. The number of hydrogen-bond acceptors (Lipinski definition) is 6. The Morgan fingerprint density at radius 1 is 1.33 bits per heavy atom. The van der Waals surface area contributed by atoms with E-state index in [0.717, 1.165) is 0 Å². The maximum absolute atomic E-state index is 11.8. The van der Waals surface area contributed by atoms with Crippen LogP contribution in [-0.4, -0.2) is 39.8 Å². The van der Waals surface area contributed by atoms with Crippen molar-refractivity contribution in [1.29, 1.82) is 0 Å². The number of nitro groups is 1. The minimum Gasteiger partial charge on any atom is -0.426 e. The fourth-order valence-corrected chi connectivity index (χ4v) is 1.55. The summed E-state index contributed by atoms with van der Waals surface area (Å²) in [5.41, 5.74) is 0.445. The first-order valence-electron chi connectivity index (χ1n) is 5.94. The quantitative estimate of drug-likeness (QED) is 0.629. The van der Waals surface area contributed by atoms with E-state index in [1.165, 1.54) is 23.2 Å². The lowest BCUT2D eigenvalue weighted by Crippen LogP contribution is -2.21. The van der Waals surface area contributed by atoms with Crippen LogP contribution in [0.2, 0.25) is 0 Å². The summed E-state index contributed by atoms with van der Waals surface area (Å²) < 4.78 is 5.41. The zero-order valence-corrected chi connectivity index (χ0v) is 11.4. The van der Waals surface area contributed by atoms with Crippen LogP contribution in [0.15, 0.2) is 36.5 Å². The van der Waals surface area contributed by atoms with E-state index in [1.807, 2.05) is 0 Å². The minimum absolute atomic E-state index is 0.0335. The maximum atomic E-state index is 11.8. The Bertz CT molecular complexity index is 687. The number of carbonyl (C=O) groups excluding carboxylic acids is 1. The summed E-state index contributed by atoms with van der Waals surface area (Å²) in [7, 11) is 3.29. The summed E-state index contributed by atoms with van der Waals surface area (Å²) in [5, 5.41) is 10.6. The van der Waals surface area contributed by atoms with Gasteiger partial charge in [-0.15, -0.1) is 0 Å². The van der Waals surface area contributed by atoms with Crippen LogP contribution in [0.5, 0.6) is 11.6 Å². The SMILES string of the molecule is CN(C)C(=O)c1cccc(Oc2ccnc([N+](=O)[O-])n2)c1. The molecule has 0 N–H and O–H groups in total. The first-order valence-corrected chi connectivity index (χ1v) is 5.94. The molecule has 2 aromatic rings. The molecule has 0 fully saturated rings. The fourth-order valence-electron chi connectivity index (χ4n) is 1.55. The summed E-state index contributed by atoms with van der Waals surface area (Å²) in [6.07, 6.45) is 1.23. The molecular formula is C13H12N4O4. The molecule has 1 aromatic carbocycles. The van der Waals surface area contributed by atoms with Crippen LogP contribution >= 0.6 is 0 Å². The van der Waals surface area contributed by atoms with E-state index in [2.05, 4.69) is 9.97 Å². The molecule has 0 saturated heterocycles. The van der Waals surface area contributed by atoms with Gasteiger partial charge in [-0.1, -0.05) is 11.1 Å². The van der Waals surface area contributed by atoms with Crippen molar-refractivity contribution >= 4 is 11.9 Å². The number of benzene rings is 1. The Morgan fingerprint density at radius 2 is 2.10 bits per heavy atom. The van der Waals surface area contributed by atoms with E-state index in [9.17, 15) is 14.9 Å². The summed E-state index contributed by atoms with van der Waals surface area (Å²) in [6, 6.07) is 7.86. The Kier molecular flexibility index (Phi) is 4.07. The predicted octanol–water partition coefficient (Wildman–Crippen LogP) is 1.88. The van der Waals surface area contributed by atoms with E-state index < -0.39 is 10.9 Å². The van der Waals surface area contributed by atoms with Crippen LogP contribution in [0, 0.1) is 10.1 Å². The van der Waals surface area contributed by atoms with Crippen LogP contribution < -0.4 is 4.74 Å². The van der Waals surface area contributed by atoms with Crippen LogP contribution in [0.4, 0.5) is 5.95 Å². The van der Waals surface area contributed by atoms with Gasteiger partial charge >= 0.3 is 11.8 Å². The van der Waals surface area contributed by atoms with Crippen molar-refractivity contribution in [3.63, 3.8) is 0 Å². The topological polar surface area (TPSA) is 98.5 Å². The normalized spacial score (nSPS) is 10.0. The molecule has 0 unspecified atom stereocenters. The summed E-state index contributed by atoms with van der Waals surface area (Å²) in [6.45, 7) is 0. The van der Waals surface area contributed by atoms with Gasteiger partial charge in [0.1, 0.15) is 11.9 Å². The highest BCUT2D eigenvalue weighted by atomic mass is 16.6. The summed E-state index contributed by atoms with van der Waals surface area (Å²) in [5.74, 6) is -0.330. The van der Waals surface area contributed by atoms with E-state index in [1.54, 1.807) is 32.3 Å². The van der Waals surface area contributed by atoms with Gasteiger partial charge in [-0.25, -0.2) is 0 Å². The highest BCUT2D eigenvalue weighted by molar-refractivity contribution is 5.94. The fraction of sp³-hybridized carbons (Fsp3) is 0.154. The van der Waals surface area contributed by atoms with Crippen molar-refractivity contribution < 1.29 is 14.5 Å². The third-order valence-corrected chi connectivity index (χ3v) is 2.49. The standard InChI is InChI=1S/C13H12N4O4/c1-16(2)12(18)9-4-3-5-10(8-9)21-11-6-7-14-13(15-11)17(19)20/h3-8H,1-2H3. The zero-order valence-electron chi connectivity index (χ0n) is 11.4. The molecule has 108 valence electrons. The predicted molar refractivity (Wildman–Crippen MR) is 73.2 cm³/mol. The van der Waals surface area contributed by atoms with Crippen molar-refractivity contribution in [2.75, 3.05) is 14.1 Å². The van der Waals surface area contributed by atoms with Gasteiger partial charge in [0.15, 0.2) is 0 Å². The van der Waals surface area contributed by atoms with E-state index in [4.69, 9.17) is 4.74 Å². The highest BCUT2D eigenvalue weighted by Crippen LogP contribution is 2.21. The Labute approximate surface area is 120 Å². The van der Waals surface area contributed by atoms with Crippen LogP contribution in [-0.2, 0) is 0 Å². The van der Waals surface area contributed by atoms with Crippen LogP contribution in [0.25, 0.3) is 0 Å². The number of amides is 1. The van der Waals surface area contributed by atoms with Crippen molar-refractivity contribution in [1.82, 2.24) is 14.9 Å². The molecule has 0 saturated carbocycles. The molecule has 0 aliphatic heterocycles. The second-order valence-corrected chi connectivity index (χ2v) is 4.28. The average molecular weight is 288 g/mol. The molecule has 8 nitrogen and oxygen atoms in total. The van der Waals surface area contributed by atoms with Gasteiger partial charge in [-0.3, -0.25) is 4.79 Å². The van der Waals surface area contributed by atoms with Gasteiger partial charge in [-0.05, 0) is 28.1 Å². The lowest BCUT2D eigenvalue weighted by molar-refractivity contribution is -0.394. The first-order chi connectivity index (χ1) is 9.97. The average Bonchev–Trinajstić information content (AvgIpc) is 2.47. The maximum Gasteiger partial charge on any atom is 0.472 e. The van der Waals surface area contributed by atoms with Gasteiger partial charge in [0.2, 0.25) is 0 Å². The molecule has 1 aromatic heterocycles. The Hall–Kier alpha value is -3.03. The number of carbonyl (C=O) groups is 1. The lowest BCUT2D eigenvalue weighted by atomic mass is 10.2.